The first-order valence-corrected chi connectivity index (χ1v) is 7.56. The Hall–Kier alpha value is -1.75. The molecule has 1 aliphatic carbocycles. The number of hydrogen-bond acceptors (Lipinski definition) is 4. The average molecular weight is 290 g/mol. The highest BCUT2D eigenvalue weighted by atomic mass is 16.5. The van der Waals surface area contributed by atoms with Crippen LogP contribution < -0.4 is 15.4 Å². The highest BCUT2D eigenvalue weighted by Gasteiger charge is 2.34. The second-order valence-electron chi connectivity index (χ2n) is 6.04. The molecule has 5 nitrogen and oxygen atoms in total. The molecule has 21 heavy (non-hydrogen) atoms. The Morgan fingerprint density at radius 2 is 2.14 bits per heavy atom. The van der Waals surface area contributed by atoms with E-state index in [0.29, 0.717) is 17.2 Å². The summed E-state index contributed by atoms with van der Waals surface area (Å²) in [6, 6.07) is 4.96. The fourth-order valence-electron chi connectivity index (χ4n) is 3.52. The maximum absolute atomic E-state index is 12.3. The number of aromatic hydroxyl groups is 1. The molecular formula is C16H22N2O3. The van der Waals surface area contributed by atoms with E-state index < -0.39 is 0 Å². The van der Waals surface area contributed by atoms with Crippen LogP contribution in [0.25, 0.3) is 0 Å². The van der Waals surface area contributed by atoms with Crippen molar-refractivity contribution in [1.82, 2.24) is 10.6 Å². The summed E-state index contributed by atoms with van der Waals surface area (Å²) in [5, 5.41) is 16.4. The van der Waals surface area contributed by atoms with E-state index >= 15 is 0 Å². The predicted octanol–water partition coefficient (Wildman–Crippen LogP) is 1.52. The summed E-state index contributed by atoms with van der Waals surface area (Å²) in [5.74, 6) is 1.75. The lowest BCUT2D eigenvalue weighted by atomic mass is 9.79. The summed E-state index contributed by atoms with van der Waals surface area (Å²) in [5.41, 5.74) is 0.308. The number of carbonyl (C=O) groups excluding carboxylic acids is 1. The smallest absolute Gasteiger partial charge is 0.255 e. The molecule has 0 radical (unpaired) electrons. The lowest BCUT2D eigenvalue weighted by molar-refractivity contribution is 0.0911. The zero-order valence-corrected chi connectivity index (χ0v) is 12.3. The Labute approximate surface area is 124 Å². The molecule has 3 rings (SSSR count). The fraction of sp³-hybridized carbons (Fsp3) is 0.562. The maximum Gasteiger partial charge on any atom is 0.255 e. The molecule has 1 aromatic rings. The van der Waals surface area contributed by atoms with Crippen LogP contribution in [0.5, 0.6) is 11.5 Å². The molecule has 3 N–H and O–H groups in total. The highest BCUT2D eigenvalue weighted by Crippen LogP contribution is 2.33. The van der Waals surface area contributed by atoms with Gasteiger partial charge < -0.3 is 20.5 Å². The van der Waals surface area contributed by atoms with Gasteiger partial charge in [-0.2, -0.15) is 0 Å². The summed E-state index contributed by atoms with van der Waals surface area (Å²) in [6.07, 6.45) is 3.21. The van der Waals surface area contributed by atoms with Crippen LogP contribution >= 0.6 is 0 Å². The van der Waals surface area contributed by atoms with Crippen molar-refractivity contribution in [3.63, 3.8) is 0 Å². The Morgan fingerprint density at radius 3 is 2.90 bits per heavy atom. The van der Waals surface area contributed by atoms with Crippen molar-refractivity contribution < 1.29 is 14.6 Å². The fourth-order valence-corrected chi connectivity index (χ4v) is 3.52. The lowest BCUT2D eigenvalue weighted by Gasteiger charge is -2.31. The molecular weight excluding hydrogens is 268 g/mol. The number of phenols is 1. The monoisotopic (exact) mass is 290 g/mol. The van der Waals surface area contributed by atoms with Crippen molar-refractivity contribution in [1.29, 1.82) is 0 Å². The number of rotatable bonds is 3. The molecule has 1 amide bonds. The van der Waals surface area contributed by atoms with Gasteiger partial charge in [0, 0.05) is 12.1 Å². The number of hydrogen-bond donors (Lipinski definition) is 3. The van der Waals surface area contributed by atoms with Crippen molar-refractivity contribution in [2.45, 2.75) is 25.3 Å². The topological polar surface area (TPSA) is 70.6 Å². The molecule has 1 heterocycles. The number of methoxy groups -OCH3 is 1. The molecule has 0 spiro atoms. The third-order valence-corrected chi connectivity index (χ3v) is 4.74. The quantitative estimate of drug-likeness (QED) is 0.789. The van der Waals surface area contributed by atoms with E-state index in [1.54, 1.807) is 12.1 Å². The zero-order chi connectivity index (χ0) is 14.8. The third kappa shape index (κ3) is 2.97. The normalized spacial score (nSPS) is 28.0. The highest BCUT2D eigenvalue weighted by molar-refractivity contribution is 5.97. The van der Waals surface area contributed by atoms with Crippen molar-refractivity contribution in [3.8, 4) is 11.5 Å². The van der Waals surface area contributed by atoms with Gasteiger partial charge in [0.25, 0.3) is 5.91 Å². The summed E-state index contributed by atoms with van der Waals surface area (Å²) in [7, 11) is 1.53. The molecule has 5 heteroatoms. The minimum absolute atomic E-state index is 0.0388. The molecule has 0 aromatic heterocycles. The summed E-state index contributed by atoms with van der Waals surface area (Å²) in [4.78, 5) is 12.3. The molecule has 1 unspecified atom stereocenters. The van der Waals surface area contributed by atoms with Crippen LogP contribution in [0.3, 0.4) is 0 Å². The van der Waals surface area contributed by atoms with Gasteiger partial charge in [-0.05, 0) is 56.3 Å². The Bertz CT molecular complexity index is 532. The number of phenolic OH excluding ortho intramolecular Hbond substituents is 1. The van der Waals surface area contributed by atoms with E-state index in [1.807, 2.05) is 0 Å². The average Bonchev–Trinajstić information content (AvgIpc) is 2.94. The first kappa shape index (κ1) is 14.2. The predicted molar refractivity (Wildman–Crippen MR) is 79.6 cm³/mol. The van der Waals surface area contributed by atoms with Crippen LogP contribution in [0.4, 0.5) is 0 Å². The molecule has 114 valence electrons. The van der Waals surface area contributed by atoms with Gasteiger partial charge in [0.15, 0.2) is 0 Å². The van der Waals surface area contributed by atoms with Gasteiger partial charge in [-0.1, -0.05) is 0 Å². The molecule has 3 atom stereocenters. The van der Waals surface area contributed by atoms with Gasteiger partial charge in [0.1, 0.15) is 11.5 Å². The van der Waals surface area contributed by atoms with E-state index in [4.69, 9.17) is 4.74 Å². The molecule has 1 aromatic carbocycles. The molecule has 1 aliphatic heterocycles. The second-order valence-corrected chi connectivity index (χ2v) is 6.04. The first-order valence-electron chi connectivity index (χ1n) is 7.56. The van der Waals surface area contributed by atoms with Gasteiger partial charge >= 0.3 is 0 Å². The summed E-state index contributed by atoms with van der Waals surface area (Å²) in [6.45, 7) is 2.18. The molecule has 2 aliphatic rings. The SMILES string of the molecule is COc1ccc(C(=O)NC2CC[C@H]3CNC[C@H]3C2)c(O)c1. The van der Waals surface area contributed by atoms with Gasteiger partial charge in [-0.25, -0.2) is 0 Å². The molecule has 2 fully saturated rings. The molecule has 0 bridgehead atoms. The van der Waals surface area contributed by atoms with Crippen LogP contribution in [0, 0.1) is 11.8 Å². The Kier molecular flexibility index (Phi) is 4.01. The number of benzene rings is 1. The minimum Gasteiger partial charge on any atom is -0.507 e. The number of carbonyl (C=O) groups is 1. The first-order chi connectivity index (χ1) is 10.2. The van der Waals surface area contributed by atoms with E-state index in [9.17, 15) is 9.90 Å². The summed E-state index contributed by atoms with van der Waals surface area (Å²) < 4.78 is 5.03. The lowest BCUT2D eigenvalue weighted by Crippen LogP contribution is -2.40. The van der Waals surface area contributed by atoms with Crippen LogP contribution in [0.15, 0.2) is 18.2 Å². The number of ether oxygens (including phenoxy) is 1. The Balaban J connectivity index is 1.63. The number of fused-ring (bicyclic) bond motifs is 1. The zero-order valence-electron chi connectivity index (χ0n) is 12.3. The Morgan fingerprint density at radius 1 is 1.33 bits per heavy atom. The van der Waals surface area contributed by atoms with Crippen LogP contribution in [0.1, 0.15) is 29.6 Å². The van der Waals surface area contributed by atoms with Crippen molar-refractivity contribution >= 4 is 5.91 Å². The maximum atomic E-state index is 12.3. The van der Waals surface area contributed by atoms with E-state index in [2.05, 4.69) is 10.6 Å². The van der Waals surface area contributed by atoms with Gasteiger partial charge in [-0.3, -0.25) is 4.79 Å². The number of amides is 1. The van der Waals surface area contributed by atoms with Gasteiger partial charge in [0.05, 0.1) is 12.7 Å². The largest absolute Gasteiger partial charge is 0.507 e. The van der Waals surface area contributed by atoms with Crippen LogP contribution in [-0.4, -0.2) is 37.3 Å². The molecule has 1 saturated carbocycles. The third-order valence-electron chi connectivity index (χ3n) is 4.74. The summed E-state index contributed by atoms with van der Waals surface area (Å²) >= 11 is 0. The standard InChI is InChI=1S/C16H22N2O3/c1-21-13-4-5-14(15(19)7-13)16(20)18-12-3-2-10-8-17-9-11(10)6-12/h4-5,7,10-12,17,19H,2-3,6,8-9H2,1H3,(H,18,20)/t10-,11+,12?/m0/s1. The second kappa shape index (κ2) is 5.93. The van der Waals surface area contributed by atoms with Crippen molar-refractivity contribution in [2.75, 3.05) is 20.2 Å². The van der Waals surface area contributed by atoms with Crippen LogP contribution in [0.2, 0.25) is 0 Å². The van der Waals surface area contributed by atoms with Crippen molar-refractivity contribution in [2.24, 2.45) is 11.8 Å². The van der Waals surface area contributed by atoms with E-state index in [0.717, 1.165) is 38.3 Å². The van der Waals surface area contributed by atoms with Gasteiger partial charge in [0.2, 0.25) is 0 Å². The van der Waals surface area contributed by atoms with Gasteiger partial charge in [-0.15, -0.1) is 0 Å². The van der Waals surface area contributed by atoms with Crippen molar-refractivity contribution in [3.05, 3.63) is 23.8 Å². The number of nitrogens with one attached hydrogen (secondary N) is 2. The minimum atomic E-state index is -0.204. The van der Waals surface area contributed by atoms with E-state index in [-0.39, 0.29) is 17.7 Å². The van der Waals surface area contributed by atoms with Crippen LogP contribution in [-0.2, 0) is 0 Å². The van der Waals surface area contributed by atoms with E-state index in [1.165, 1.54) is 13.2 Å². The molecule has 1 saturated heterocycles.